The fourth-order valence-corrected chi connectivity index (χ4v) is 2.52. The Morgan fingerprint density at radius 3 is 2.95 bits per heavy atom. The Kier molecular flexibility index (Phi) is 3.16. The number of aromatic nitrogens is 4. The first kappa shape index (κ1) is 11.7. The van der Waals surface area contributed by atoms with Gasteiger partial charge in [0, 0.05) is 6.54 Å². The highest BCUT2D eigenvalue weighted by Crippen LogP contribution is 2.27. The molecule has 0 spiro atoms. The van der Waals surface area contributed by atoms with Crippen molar-refractivity contribution in [3.63, 3.8) is 0 Å². The Hall–Kier alpha value is -2.34. The van der Waals surface area contributed by atoms with Gasteiger partial charge in [0.05, 0.1) is 10.2 Å². The van der Waals surface area contributed by atoms with E-state index in [0.717, 1.165) is 15.2 Å². The number of rotatable bonds is 4. The molecule has 94 valence electrons. The maximum Gasteiger partial charge on any atom is 0.226 e. The lowest BCUT2D eigenvalue weighted by atomic mass is 10.3. The van der Waals surface area contributed by atoms with Crippen LogP contribution in [0.3, 0.4) is 0 Å². The van der Waals surface area contributed by atoms with Gasteiger partial charge in [0.1, 0.15) is 6.33 Å². The highest BCUT2D eigenvalue weighted by atomic mass is 32.1. The molecule has 0 unspecified atom stereocenters. The Morgan fingerprint density at radius 2 is 2.11 bits per heavy atom. The van der Waals surface area contributed by atoms with Gasteiger partial charge in [-0.05, 0) is 12.1 Å². The van der Waals surface area contributed by atoms with Gasteiger partial charge in [-0.3, -0.25) is 0 Å². The number of fused-ring (bicyclic) bond motifs is 1. The van der Waals surface area contributed by atoms with Crippen LogP contribution < -0.4 is 5.32 Å². The number of hydrogen-bond donors (Lipinski definition) is 1. The van der Waals surface area contributed by atoms with E-state index in [4.69, 9.17) is 0 Å². The maximum atomic E-state index is 4.52. The zero-order valence-electron chi connectivity index (χ0n) is 10.1. The van der Waals surface area contributed by atoms with E-state index in [0.29, 0.717) is 18.3 Å². The van der Waals surface area contributed by atoms with Crippen LogP contribution in [0.5, 0.6) is 0 Å². The first-order chi connectivity index (χ1) is 9.36. The number of anilines is 1. The van der Waals surface area contributed by atoms with Gasteiger partial charge in [0.2, 0.25) is 5.95 Å². The summed E-state index contributed by atoms with van der Waals surface area (Å²) in [5, 5.41) is 3.83. The summed E-state index contributed by atoms with van der Waals surface area (Å²) in [5.41, 5.74) is 0.962. The van der Waals surface area contributed by atoms with E-state index in [2.05, 4.69) is 31.8 Å². The summed E-state index contributed by atoms with van der Waals surface area (Å²) in [6.45, 7) is 4.26. The van der Waals surface area contributed by atoms with Crippen LogP contribution in [0.1, 0.15) is 0 Å². The third-order valence-electron chi connectivity index (χ3n) is 2.46. The topological polar surface area (TPSA) is 63.6 Å². The van der Waals surface area contributed by atoms with Gasteiger partial charge in [0.25, 0.3) is 0 Å². The molecule has 0 atom stereocenters. The van der Waals surface area contributed by atoms with Gasteiger partial charge >= 0.3 is 0 Å². The molecule has 0 saturated heterocycles. The fourth-order valence-electron chi connectivity index (χ4n) is 1.62. The standard InChI is InChI=1S/C13H11N5S/c1-2-7-14-13-16-8-15-11(18-13)12-17-9-5-3-4-6-10(9)19-12/h2-6,8H,1,7H2,(H,14,15,16,18). The third kappa shape index (κ3) is 2.43. The molecule has 0 amide bonds. The molecule has 5 nitrogen and oxygen atoms in total. The minimum Gasteiger partial charge on any atom is -0.351 e. The van der Waals surface area contributed by atoms with Gasteiger partial charge in [-0.2, -0.15) is 4.98 Å². The quantitative estimate of drug-likeness (QED) is 0.738. The van der Waals surface area contributed by atoms with Crippen LogP contribution in [-0.2, 0) is 0 Å². The predicted octanol–water partition coefficient (Wildman–Crippen LogP) is 2.75. The monoisotopic (exact) mass is 269 g/mol. The summed E-state index contributed by atoms with van der Waals surface area (Å²) in [4.78, 5) is 17.1. The SMILES string of the molecule is C=CCNc1ncnc(-c2nc3ccccc3s2)n1. The van der Waals surface area contributed by atoms with Crippen LogP contribution in [-0.4, -0.2) is 26.5 Å². The maximum absolute atomic E-state index is 4.52. The summed E-state index contributed by atoms with van der Waals surface area (Å²) in [6, 6.07) is 7.98. The van der Waals surface area contributed by atoms with Crippen molar-refractivity contribution in [1.29, 1.82) is 0 Å². The van der Waals surface area contributed by atoms with E-state index in [1.165, 1.54) is 6.33 Å². The molecule has 0 radical (unpaired) electrons. The normalized spacial score (nSPS) is 10.5. The second-order valence-corrected chi connectivity index (χ2v) is 4.82. The average molecular weight is 269 g/mol. The summed E-state index contributed by atoms with van der Waals surface area (Å²) < 4.78 is 1.12. The van der Waals surface area contributed by atoms with Gasteiger partial charge in [-0.15, -0.1) is 17.9 Å². The summed E-state index contributed by atoms with van der Waals surface area (Å²) >= 11 is 1.57. The van der Waals surface area contributed by atoms with Gasteiger partial charge in [-0.1, -0.05) is 18.2 Å². The molecule has 2 aromatic heterocycles. The highest BCUT2D eigenvalue weighted by Gasteiger charge is 2.09. The lowest BCUT2D eigenvalue weighted by Crippen LogP contribution is -2.04. The molecular formula is C13H11N5S. The van der Waals surface area contributed by atoms with E-state index >= 15 is 0 Å². The minimum atomic E-state index is 0.532. The molecule has 19 heavy (non-hydrogen) atoms. The molecule has 0 aliphatic rings. The number of benzene rings is 1. The molecule has 0 aliphatic heterocycles. The number of para-hydroxylation sites is 1. The van der Waals surface area contributed by atoms with Crippen LogP contribution in [0.2, 0.25) is 0 Å². The smallest absolute Gasteiger partial charge is 0.226 e. The van der Waals surface area contributed by atoms with E-state index in [1.807, 2.05) is 24.3 Å². The van der Waals surface area contributed by atoms with E-state index in [1.54, 1.807) is 17.4 Å². The van der Waals surface area contributed by atoms with Crippen LogP contribution in [0.25, 0.3) is 21.0 Å². The molecule has 0 bridgehead atoms. The van der Waals surface area contributed by atoms with Crippen molar-refractivity contribution < 1.29 is 0 Å². The minimum absolute atomic E-state index is 0.532. The van der Waals surface area contributed by atoms with Crippen molar-refractivity contribution in [2.75, 3.05) is 11.9 Å². The highest BCUT2D eigenvalue weighted by molar-refractivity contribution is 7.21. The molecule has 1 aromatic carbocycles. The van der Waals surface area contributed by atoms with Crippen molar-refractivity contribution in [2.24, 2.45) is 0 Å². The second kappa shape index (κ2) is 5.11. The fraction of sp³-hybridized carbons (Fsp3) is 0.0769. The molecule has 0 fully saturated rings. The Bertz CT molecular complexity index is 689. The van der Waals surface area contributed by atoms with Crippen molar-refractivity contribution in [3.8, 4) is 10.8 Å². The van der Waals surface area contributed by atoms with E-state index in [9.17, 15) is 0 Å². The molecule has 6 heteroatoms. The van der Waals surface area contributed by atoms with Crippen molar-refractivity contribution in [3.05, 3.63) is 43.2 Å². The molecular weight excluding hydrogens is 258 g/mol. The van der Waals surface area contributed by atoms with Crippen LogP contribution in [0.15, 0.2) is 43.2 Å². The summed E-state index contributed by atoms with van der Waals surface area (Å²) in [7, 11) is 0. The van der Waals surface area contributed by atoms with Gasteiger partial charge in [0.15, 0.2) is 10.8 Å². The third-order valence-corrected chi connectivity index (χ3v) is 3.49. The molecule has 0 saturated carbocycles. The van der Waals surface area contributed by atoms with Crippen molar-refractivity contribution >= 4 is 27.5 Å². The van der Waals surface area contributed by atoms with Gasteiger partial charge in [-0.25, -0.2) is 15.0 Å². The van der Waals surface area contributed by atoms with Crippen LogP contribution >= 0.6 is 11.3 Å². The first-order valence-corrected chi connectivity index (χ1v) is 6.58. The molecule has 0 aliphatic carbocycles. The first-order valence-electron chi connectivity index (χ1n) is 5.76. The van der Waals surface area contributed by atoms with E-state index < -0.39 is 0 Å². The van der Waals surface area contributed by atoms with Crippen LogP contribution in [0.4, 0.5) is 5.95 Å². The Morgan fingerprint density at radius 1 is 1.21 bits per heavy atom. The lowest BCUT2D eigenvalue weighted by Gasteiger charge is -2.01. The lowest BCUT2D eigenvalue weighted by molar-refractivity contribution is 1.04. The Balaban J connectivity index is 1.98. The molecule has 3 aromatic rings. The molecule has 2 heterocycles. The Labute approximate surface area is 114 Å². The molecule has 1 N–H and O–H groups in total. The van der Waals surface area contributed by atoms with Crippen molar-refractivity contribution in [1.82, 2.24) is 19.9 Å². The largest absolute Gasteiger partial charge is 0.351 e. The van der Waals surface area contributed by atoms with E-state index in [-0.39, 0.29) is 0 Å². The number of thiazole rings is 1. The zero-order chi connectivity index (χ0) is 13.1. The zero-order valence-corrected chi connectivity index (χ0v) is 10.9. The summed E-state index contributed by atoms with van der Waals surface area (Å²) in [5.74, 6) is 1.12. The van der Waals surface area contributed by atoms with Gasteiger partial charge < -0.3 is 5.32 Å². The number of nitrogens with zero attached hydrogens (tertiary/aromatic N) is 4. The number of hydrogen-bond acceptors (Lipinski definition) is 6. The number of nitrogens with one attached hydrogen (secondary N) is 1. The predicted molar refractivity (Wildman–Crippen MR) is 77.1 cm³/mol. The van der Waals surface area contributed by atoms with Crippen molar-refractivity contribution in [2.45, 2.75) is 0 Å². The second-order valence-electron chi connectivity index (χ2n) is 3.79. The summed E-state index contributed by atoms with van der Waals surface area (Å²) in [6.07, 6.45) is 3.24. The molecule has 3 rings (SSSR count). The average Bonchev–Trinajstić information content (AvgIpc) is 2.89. The van der Waals surface area contributed by atoms with Crippen LogP contribution in [0, 0.1) is 0 Å².